The number of carbonyl (C=O) groups is 1. The van der Waals surface area contributed by atoms with E-state index in [1.807, 2.05) is 37.3 Å². The fourth-order valence-corrected chi connectivity index (χ4v) is 2.99. The average Bonchev–Trinajstić information content (AvgIpc) is 3.07. The van der Waals surface area contributed by atoms with Crippen LogP contribution >= 0.6 is 0 Å². The van der Waals surface area contributed by atoms with Gasteiger partial charge in [-0.15, -0.1) is 0 Å². The van der Waals surface area contributed by atoms with Gasteiger partial charge in [-0.3, -0.25) is 18.8 Å². The van der Waals surface area contributed by atoms with E-state index < -0.39 is 0 Å². The number of fused-ring (bicyclic) bond motifs is 1. The average molecular weight is 389 g/mol. The van der Waals surface area contributed by atoms with E-state index in [2.05, 4.69) is 15.4 Å². The molecule has 0 unspecified atom stereocenters. The third-order valence-corrected chi connectivity index (χ3v) is 4.41. The zero-order chi connectivity index (χ0) is 20.4. The number of hydrogen-bond acceptors (Lipinski definition) is 5. The summed E-state index contributed by atoms with van der Waals surface area (Å²) >= 11 is 0. The number of carbonyl (C=O) groups excluding carboxylic acids is 1. The standard InChI is InChI=1S/C21H19N5O3/c1-14-6-5-7-15(10-14)29-18-9-4-3-8-17(18)24-19(27)12-26-13-22-20-16(21(26)28)11-23-25(20)2/h3-11,13H,12H2,1-2H3,(H,24,27). The Hall–Kier alpha value is -3.94. The second-order valence-corrected chi connectivity index (χ2v) is 6.65. The first-order valence-electron chi connectivity index (χ1n) is 9.02. The molecule has 0 bridgehead atoms. The summed E-state index contributed by atoms with van der Waals surface area (Å²) in [5, 5.41) is 7.19. The molecule has 0 aliphatic heterocycles. The molecule has 0 spiro atoms. The Labute approximate surface area is 166 Å². The van der Waals surface area contributed by atoms with Crippen LogP contribution in [0, 0.1) is 6.92 Å². The van der Waals surface area contributed by atoms with E-state index in [1.165, 1.54) is 21.8 Å². The number of aromatic nitrogens is 4. The maximum absolute atomic E-state index is 12.6. The first-order valence-corrected chi connectivity index (χ1v) is 9.02. The smallest absolute Gasteiger partial charge is 0.264 e. The number of amides is 1. The molecule has 0 fully saturated rings. The summed E-state index contributed by atoms with van der Waals surface area (Å²) in [5.74, 6) is 0.825. The van der Waals surface area contributed by atoms with Crippen LogP contribution in [0.25, 0.3) is 11.0 Å². The zero-order valence-corrected chi connectivity index (χ0v) is 16.0. The van der Waals surface area contributed by atoms with Crippen molar-refractivity contribution in [1.82, 2.24) is 19.3 Å². The van der Waals surface area contributed by atoms with Gasteiger partial charge in [-0.2, -0.15) is 5.10 Å². The third-order valence-electron chi connectivity index (χ3n) is 4.41. The Morgan fingerprint density at radius 1 is 1.17 bits per heavy atom. The molecular weight excluding hydrogens is 370 g/mol. The van der Waals surface area contributed by atoms with Crippen LogP contribution in [0.5, 0.6) is 11.5 Å². The third kappa shape index (κ3) is 3.86. The summed E-state index contributed by atoms with van der Waals surface area (Å²) in [6.45, 7) is 1.81. The maximum Gasteiger partial charge on any atom is 0.264 e. The molecule has 2 heterocycles. The lowest BCUT2D eigenvalue weighted by Gasteiger charge is -2.13. The van der Waals surface area contributed by atoms with Gasteiger partial charge >= 0.3 is 0 Å². The van der Waals surface area contributed by atoms with Crippen LogP contribution in [0.1, 0.15) is 5.56 Å². The number of anilines is 1. The summed E-state index contributed by atoms with van der Waals surface area (Å²) in [5.41, 5.74) is 1.75. The Bertz CT molecular complexity index is 1260. The molecule has 4 aromatic rings. The number of hydrogen-bond donors (Lipinski definition) is 1. The molecular formula is C21H19N5O3. The van der Waals surface area contributed by atoms with E-state index in [9.17, 15) is 9.59 Å². The van der Waals surface area contributed by atoms with E-state index in [-0.39, 0.29) is 18.0 Å². The summed E-state index contributed by atoms with van der Waals surface area (Å²) in [7, 11) is 1.71. The lowest BCUT2D eigenvalue weighted by atomic mass is 10.2. The lowest BCUT2D eigenvalue weighted by Crippen LogP contribution is -2.27. The Kier molecular flexibility index (Phi) is 4.82. The second kappa shape index (κ2) is 7.59. The van der Waals surface area contributed by atoms with Crippen LogP contribution < -0.4 is 15.6 Å². The Balaban J connectivity index is 1.53. The van der Waals surface area contributed by atoms with Gasteiger partial charge in [-0.05, 0) is 36.8 Å². The molecule has 0 radical (unpaired) electrons. The molecule has 0 saturated carbocycles. The van der Waals surface area contributed by atoms with Crippen LogP contribution in [0.4, 0.5) is 5.69 Å². The zero-order valence-electron chi connectivity index (χ0n) is 16.0. The van der Waals surface area contributed by atoms with Gasteiger partial charge in [0.2, 0.25) is 5.91 Å². The van der Waals surface area contributed by atoms with Gasteiger partial charge in [0, 0.05) is 7.05 Å². The van der Waals surface area contributed by atoms with Crippen molar-refractivity contribution in [3.05, 3.63) is 77.0 Å². The maximum atomic E-state index is 12.6. The predicted molar refractivity (Wildman–Crippen MR) is 109 cm³/mol. The molecule has 1 N–H and O–H groups in total. The van der Waals surface area contributed by atoms with Crippen LogP contribution in [-0.2, 0) is 18.4 Å². The minimum absolute atomic E-state index is 0.171. The van der Waals surface area contributed by atoms with Gasteiger partial charge in [0.1, 0.15) is 24.0 Å². The normalized spacial score (nSPS) is 10.8. The highest BCUT2D eigenvalue weighted by Gasteiger charge is 2.13. The van der Waals surface area contributed by atoms with Crippen LogP contribution in [-0.4, -0.2) is 25.2 Å². The fraction of sp³-hybridized carbons (Fsp3) is 0.143. The summed E-state index contributed by atoms with van der Waals surface area (Å²) in [6.07, 6.45) is 2.80. The predicted octanol–water partition coefficient (Wildman–Crippen LogP) is 2.87. The number of ether oxygens (including phenoxy) is 1. The minimum atomic E-state index is -0.363. The van der Waals surface area contributed by atoms with Crippen molar-refractivity contribution in [2.75, 3.05) is 5.32 Å². The van der Waals surface area contributed by atoms with Gasteiger partial charge in [0.05, 0.1) is 11.9 Å². The van der Waals surface area contributed by atoms with Gasteiger partial charge in [0.25, 0.3) is 5.56 Å². The molecule has 4 rings (SSSR count). The van der Waals surface area contributed by atoms with E-state index in [1.54, 1.807) is 25.2 Å². The van der Waals surface area contributed by atoms with Gasteiger partial charge in [-0.25, -0.2) is 4.98 Å². The van der Waals surface area contributed by atoms with Crippen molar-refractivity contribution in [2.45, 2.75) is 13.5 Å². The number of benzene rings is 2. The number of aryl methyl sites for hydroxylation is 2. The van der Waals surface area contributed by atoms with E-state index in [4.69, 9.17) is 4.74 Å². The molecule has 8 heteroatoms. The molecule has 2 aromatic heterocycles. The van der Waals surface area contributed by atoms with Crippen molar-refractivity contribution in [3.8, 4) is 11.5 Å². The van der Waals surface area contributed by atoms with Crippen LogP contribution in [0.15, 0.2) is 65.8 Å². The Morgan fingerprint density at radius 3 is 2.83 bits per heavy atom. The molecule has 0 saturated heterocycles. The van der Waals surface area contributed by atoms with Crippen molar-refractivity contribution in [1.29, 1.82) is 0 Å². The number of para-hydroxylation sites is 2. The Morgan fingerprint density at radius 2 is 2.00 bits per heavy atom. The fourth-order valence-electron chi connectivity index (χ4n) is 2.99. The molecule has 0 aliphatic rings. The van der Waals surface area contributed by atoms with E-state index in [0.717, 1.165) is 5.56 Å². The summed E-state index contributed by atoms with van der Waals surface area (Å²) in [4.78, 5) is 29.3. The highest BCUT2D eigenvalue weighted by atomic mass is 16.5. The lowest BCUT2D eigenvalue weighted by molar-refractivity contribution is -0.116. The monoisotopic (exact) mass is 389 g/mol. The minimum Gasteiger partial charge on any atom is -0.455 e. The highest BCUT2D eigenvalue weighted by Crippen LogP contribution is 2.29. The van der Waals surface area contributed by atoms with Crippen molar-refractivity contribution in [3.63, 3.8) is 0 Å². The molecule has 146 valence electrons. The number of nitrogens with one attached hydrogen (secondary N) is 1. The van der Waals surface area contributed by atoms with Crippen LogP contribution in [0.3, 0.4) is 0 Å². The first kappa shape index (κ1) is 18.4. The molecule has 2 aromatic carbocycles. The van der Waals surface area contributed by atoms with E-state index >= 15 is 0 Å². The molecule has 1 amide bonds. The second-order valence-electron chi connectivity index (χ2n) is 6.65. The highest BCUT2D eigenvalue weighted by molar-refractivity contribution is 5.92. The van der Waals surface area contributed by atoms with Crippen LogP contribution in [0.2, 0.25) is 0 Å². The van der Waals surface area contributed by atoms with Gasteiger partial charge < -0.3 is 10.1 Å². The largest absolute Gasteiger partial charge is 0.455 e. The summed E-state index contributed by atoms with van der Waals surface area (Å²) < 4.78 is 8.69. The SMILES string of the molecule is Cc1cccc(Oc2ccccc2NC(=O)Cn2cnc3c(cnn3C)c2=O)c1. The quantitative estimate of drug-likeness (QED) is 0.567. The summed E-state index contributed by atoms with van der Waals surface area (Å²) in [6, 6.07) is 14.8. The molecule has 0 atom stereocenters. The van der Waals surface area contributed by atoms with E-state index in [0.29, 0.717) is 28.2 Å². The first-order chi connectivity index (χ1) is 14.0. The van der Waals surface area contributed by atoms with Gasteiger partial charge in [0.15, 0.2) is 11.4 Å². The van der Waals surface area contributed by atoms with Gasteiger partial charge in [-0.1, -0.05) is 24.3 Å². The van der Waals surface area contributed by atoms with Crippen molar-refractivity contribution in [2.24, 2.45) is 7.05 Å². The molecule has 0 aliphatic carbocycles. The number of nitrogens with zero attached hydrogens (tertiary/aromatic N) is 4. The molecule has 29 heavy (non-hydrogen) atoms. The molecule has 8 nitrogen and oxygen atoms in total. The van der Waals surface area contributed by atoms with Crippen molar-refractivity contribution < 1.29 is 9.53 Å². The van der Waals surface area contributed by atoms with Crippen molar-refractivity contribution >= 4 is 22.6 Å². The topological polar surface area (TPSA) is 91.0 Å². The number of rotatable bonds is 5.